The second-order valence-electron chi connectivity index (χ2n) is 4.52. The molecule has 6 N–H and O–H groups in total. The van der Waals surface area contributed by atoms with E-state index in [0.717, 1.165) is 6.21 Å². The lowest BCUT2D eigenvalue weighted by Crippen LogP contribution is -2.32. The highest BCUT2D eigenvalue weighted by Crippen LogP contribution is 2.18. The van der Waals surface area contributed by atoms with Gasteiger partial charge in [-0.15, -0.1) is 0 Å². The third kappa shape index (κ3) is 3.36. The predicted octanol–water partition coefficient (Wildman–Crippen LogP) is 0.984. The third-order valence-electron chi connectivity index (χ3n) is 2.58. The lowest BCUT2D eigenvalue weighted by molar-refractivity contribution is -0.117. The summed E-state index contributed by atoms with van der Waals surface area (Å²) in [5.41, 5.74) is 12.9. The monoisotopic (exact) mass is 271 g/mol. The molecule has 0 bridgehead atoms. The Hall–Kier alpha value is -2.81. The Kier molecular flexibility index (Phi) is 4.87. The molecule has 0 aliphatic heterocycles. The standard InChI is InChI=1S/C14H17N5O/c1-8(2)19-14(20)11(7-16)13(18)9-3-4-12(17)10(5-9)6-15/h3-6,8,15H,17-18H2,1-2H3,(H,19,20)/b13-11-,15-6?. The van der Waals surface area contributed by atoms with Gasteiger partial charge >= 0.3 is 0 Å². The summed E-state index contributed by atoms with van der Waals surface area (Å²) in [4.78, 5) is 11.9. The average molecular weight is 271 g/mol. The average Bonchev–Trinajstić information content (AvgIpc) is 2.39. The number of nitrogen functional groups attached to an aromatic ring is 1. The van der Waals surface area contributed by atoms with E-state index in [0.29, 0.717) is 16.8 Å². The van der Waals surface area contributed by atoms with Crippen LogP contribution >= 0.6 is 0 Å². The maximum absolute atomic E-state index is 11.9. The Labute approximate surface area is 117 Å². The molecule has 0 saturated heterocycles. The minimum Gasteiger partial charge on any atom is -0.398 e. The van der Waals surface area contributed by atoms with Crippen molar-refractivity contribution in [3.05, 3.63) is 34.9 Å². The molecule has 20 heavy (non-hydrogen) atoms. The van der Waals surface area contributed by atoms with Crippen LogP contribution in [0.1, 0.15) is 25.0 Å². The molecule has 0 fully saturated rings. The van der Waals surface area contributed by atoms with Gasteiger partial charge in [-0.1, -0.05) is 6.07 Å². The SMILES string of the molecule is CC(C)NC(=O)/C(C#N)=C(\N)c1ccc(N)c(C=N)c1. The fourth-order valence-electron chi connectivity index (χ4n) is 1.58. The van der Waals surface area contributed by atoms with Crippen molar-refractivity contribution in [2.45, 2.75) is 19.9 Å². The van der Waals surface area contributed by atoms with Crippen molar-refractivity contribution in [2.24, 2.45) is 5.73 Å². The molecule has 0 aliphatic rings. The molecule has 1 amide bonds. The molecule has 1 aromatic carbocycles. The van der Waals surface area contributed by atoms with Crippen LogP contribution in [0.25, 0.3) is 5.70 Å². The fourth-order valence-corrected chi connectivity index (χ4v) is 1.58. The summed E-state index contributed by atoms with van der Waals surface area (Å²) < 4.78 is 0. The van der Waals surface area contributed by atoms with Crippen LogP contribution in [-0.2, 0) is 4.79 Å². The maximum atomic E-state index is 11.9. The van der Waals surface area contributed by atoms with Crippen LogP contribution < -0.4 is 16.8 Å². The minimum atomic E-state index is -0.520. The number of carbonyl (C=O) groups is 1. The zero-order valence-corrected chi connectivity index (χ0v) is 11.4. The fraction of sp³-hybridized carbons (Fsp3) is 0.214. The number of nitrogens with one attached hydrogen (secondary N) is 2. The molecule has 1 rings (SSSR count). The lowest BCUT2D eigenvalue weighted by Gasteiger charge is -2.10. The minimum absolute atomic E-state index is 0.0637. The Morgan fingerprint density at radius 3 is 2.65 bits per heavy atom. The first-order valence-corrected chi connectivity index (χ1v) is 6.01. The van der Waals surface area contributed by atoms with E-state index >= 15 is 0 Å². The van der Waals surface area contributed by atoms with Crippen LogP contribution in [0.3, 0.4) is 0 Å². The van der Waals surface area contributed by atoms with Crippen molar-refractivity contribution in [3.8, 4) is 6.07 Å². The van der Waals surface area contributed by atoms with Gasteiger partial charge in [-0.3, -0.25) is 4.79 Å². The second-order valence-corrected chi connectivity index (χ2v) is 4.52. The van der Waals surface area contributed by atoms with E-state index in [9.17, 15) is 4.79 Å². The van der Waals surface area contributed by atoms with Crippen molar-refractivity contribution in [1.29, 1.82) is 10.7 Å². The summed E-state index contributed by atoms with van der Waals surface area (Å²) >= 11 is 0. The Morgan fingerprint density at radius 2 is 2.15 bits per heavy atom. The number of amides is 1. The lowest BCUT2D eigenvalue weighted by atomic mass is 10.0. The molecule has 1 aromatic rings. The van der Waals surface area contributed by atoms with Gasteiger partial charge in [0.15, 0.2) is 0 Å². The molecule has 0 unspecified atom stereocenters. The number of hydrogen-bond donors (Lipinski definition) is 4. The van der Waals surface area contributed by atoms with Gasteiger partial charge in [0.05, 0.1) is 5.70 Å². The van der Waals surface area contributed by atoms with Crippen molar-refractivity contribution in [1.82, 2.24) is 5.32 Å². The van der Waals surface area contributed by atoms with E-state index in [-0.39, 0.29) is 17.3 Å². The van der Waals surface area contributed by atoms with E-state index in [1.165, 1.54) is 0 Å². The number of nitrogens with two attached hydrogens (primary N) is 2. The molecule has 0 aliphatic carbocycles. The zero-order chi connectivity index (χ0) is 15.3. The first-order valence-electron chi connectivity index (χ1n) is 6.01. The van der Waals surface area contributed by atoms with Crippen LogP contribution in [0.15, 0.2) is 23.8 Å². The van der Waals surface area contributed by atoms with Crippen LogP contribution in [0.4, 0.5) is 5.69 Å². The van der Waals surface area contributed by atoms with Gasteiger partial charge in [0, 0.05) is 23.5 Å². The van der Waals surface area contributed by atoms with Gasteiger partial charge in [0.1, 0.15) is 11.6 Å². The van der Waals surface area contributed by atoms with Gasteiger partial charge in [-0.05, 0) is 31.5 Å². The van der Waals surface area contributed by atoms with Crippen LogP contribution in [-0.4, -0.2) is 18.2 Å². The number of nitriles is 1. The van der Waals surface area contributed by atoms with Crippen molar-refractivity contribution in [2.75, 3.05) is 5.73 Å². The Bertz CT molecular complexity index is 610. The topological polar surface area (TPSA) is 129 Å². The summed E-state index contributed by atoms with van der Waals surface area (Å²) in [6, 6.07) is 6.47. The highest BCUT2D eigenvalue weighted by Gasteiger charge is 2.16. The van der Waals surface area contributed by atoms with Crippen LogP contribution in [0.5, 0.6) is 0 Å². The molecule has 6 heteroatoms. The largest absolute Gasteiger partial charge is 0.398 e. The van der Waals surface area contributed by atoms with Gasteiger partial charge < -0.3 is 22.2 Å². The van der Waals surface area contributed by atoms with E-state index in [4.69, 9.17) is 22.1 Å². The molecule has 0 aromatic heterocycles. The van der Waals surface area contributed by atoms with Crippen LogP contribution in [0.2, 0.25) is 0 Å². The maximum Gasteiger partial charge on any atom is 0.264 e. The van der Waals surface area contributed by atoms with Crippen LogP contribution in [0, 0.1) is 16.7 Å². The highest BCUT2D eigenvalue weighted by atomic mass is 16.1. The van der Waals surface area contributed by atoms with Crippen molar-refractivity contribution >= 4 is 23.5 Å². The van der Waals surface area contributed by atoms with Gasteiger partial charge in [0.2, 0.25) is 0 Å². The molecule has 0 radical (unpaired) electrons. The number of rotatable bonds is 4. The summed E-state index contributed by atoms with van der Waals surface area (Å²) in [6.45, 7) is 3.58. The van der Waals surface area contributed by atoms with E-state index in [2.05, 4.69) is 5.32 Å². The third-order valence-corrected chi connectivity index (χ3v) is 2.58. The highest BCUT2D eigenvalue weighted by molar-refractivity contribution is 6.04. The summed E-state index contributed by atoms with van der Waals surface area (Å²) in [5.74, 6) is -0.520. The smallest absolute Gasteiger partial charge is 0.264 e. The summed E-state index contributed by atoms with van der Waals surface area (Å²) in [7, 11) is 0. The van der Waals surface area contributed by atoms with Gasteiger partial charge in [0.25, 0.3) is 5.91 Å². The molecule has 104 valence electrons. The number of nitrogens with zero attached hydrogens (tertiary/aromatic N) is 1. The molecule has 0 spiro atoms. The number of benzene rings is 1. The van der Waals surface area contributed by atoms with Gasteiger partial charge in [-0.2, -0.15) is 5.26 Å². The summed E-state index contributed by atoms with van der Waals surface area (Å²) in [5, 5.41) is 19.0. The molecular formula is C14H17N5O. The molecule has 0 atom stereocenters. The number of anilines is 1. The first-order chi connectivity index (χ1) is 9.40. The normalized spacial score (nSPS) is 11.5. The van der Waals surface area contributed by atoms with E-state index in [1.54, 1.807) is 32.0 Å². The Morgan fingerprint density at radius 1 is 1.50 bits per heavy atom. The van der Waals surface area contributed by atoms with E-state index in [1.807, 2.05) is 6.07 Å². The first kappa shape index (κ1) is 15.2. The molecule has 0 heterocycles. The molecular weight excluding hydrogens is 254 g/mol. The summed E-state index contributed by atoms with van der Waals surface area (Å²) in [6.07, 6.45) is 1.09. The Balaban J connectivity index is 3.28. The number of carbonyl (C=O) groups excluding carboxylic acids is 1. The molecule has 0 saturated carbocycles. The molecule has 6 nitrogen and oxygen atoms in total. The predicted molar refractivity (Wildman–Crippen MR) is 78.7 cm³/mol. The second kappa shape index (κ2) is 6.38. The quantitative estimate of drug-likeness (QED) is 0.281. The van der Waals surface area contributed by atoms with Crippen molar-refractivity contribution in [3.63, 3.8) is 0 Å². The van der Waals surface area contributed by atoms with E-state index < -0.39 is 5.91 Å². The zero-order valence-electron chi connectivity index (χ0n) is 11.4. The number of hydrogen-bond acceptors (Lipinski definition) is 5. The van der Waals surface area contributed by atoms with Crippen molar-refractivity contribution < 1.29 is 4.79 Å². The van der Waals surface area contributed by atoms with Gasteiger partial charge in [-0.25, -0.2) is 0 Å².